The number of amides is 1. The lowest BCUT2D eigenvalue weighted by Crippen LogP contribution is -2.27. The molecule has 106 valence electrons. The Balaban J connectivity index is 2.29. The molecule has 0 bridgehead atoms. The Morgan fingerprint density at radius 2 is 2.16 bits per heavy atom. The second kappa shape index (κ2) is 8.02. The van der Waals surface area contributed by atoms with Gasteiger partial charge in [0.25, 0.3) is 5.91 Å². The van der Waals surface area contributed by atoms with Crippen LogP contribution in [0.15, 0.2) is 18.2 Å². The maximum absolute atomic E-state index is 11.8. The number of rotatable bonds is 7. The lowest BCUT2D eigenvalue weighted by Gasteiger charge is -2.09. The molecule has 4 nitrogen and oxygen atoms in total. The van der Waals surface area contributed by atoms with Crippen molar-refractivity contribution in [3.63, 3.8) is 0 Å². The van der Waals surface area contributed by atoms with Gasteiger partial charge in [0.05, 0.1) is 17.2 Å². The molecule has 0 saturated heterocycles. The van der Waals surface area contributed by atoms with E-state index >= 15 is 0 Å². The molecule has 1 aromatic carbocycles. The highest BCUT2D eigenvalue weighted by molar-refractivity contribution is 6.33. The molecule has 0 spiro atoms. The zero-order valence-corrected chi connectivity index (χ0v) is 12.0. The predicted molar refractivity (Wildman–Crippen MR) is 75.7 cm³/mol. The van der Waals surface area contributed by atoms with Gasteiger partial charge in [-0.2, -0.15) is 0 Å². The van der Waals surface area contributed by atoms with Crippen LogP contribution in [0, 0.1) is 5.92 Å². The number of carbonyl (C=O) groups excluding carboxylic acids is 1. The molecular weight excluding hydrogens is 266 g/mol. The van der Waals surface area contributed by atoms with Crippen LogP contribution in [0.5, 0.6) is 5.75 Å². The quantitative estimate of drug-likeness (QED) is 0.758. The Morgan fingerprint density at radius 3 is 2.84 bits per heavy atom. The second-order valence-corrected chi connectivity index (χ2v) is 5.12. The average Bonchev–Trinajstić information content (AvgIpc) is 2.36. The van der Waals surface area contributed by atoms with Crippen molar-refractivity contribution in [2.24, 2.45) is 5.92 Å². The van der Waals surface area contributed by atoms with Gasteiger partial charge in [-0.15, -0.1) is 0 Å². The van der Waals surface area contributed by atoms with Gasteiger partial charge in [-0.25, -0.2) is 0 Å². The Bertz CT molecular complexity index is 421. The van der Waals surface area contributed by atoms with Crippen molar-refractivity contribution in [2.75, 3.05) is 19.8 Å². The van der Waals surface area contributed by atoms with Gasteiger partial charge in [0, 0.05) is 13.2 Å². The fourth-order valence-corrected chi connectivity index (χ4v) is 1.64. The number of benzene rings is 1. The molecule has 1 rings (SSSR count). The SMILES string of the molecule is CC(C)CCOCCNC(=O)c1cc(O)ccc1Cl. The summed E-state index contributed by atoms with van der Waals surface area (Å²) in [6.45, 7) is 5.85. The van der Waals surface area contributed by atoms with Gasteiger partial charge in [0.15, 0.2) is 0 Å². The summed E-state index contributed by atoms with van der Waals surface area (Å²) in [6.07, 6.45) is 1.01. The Labute approximate surface area is 118 Å². The zero-order chi connectivity index (χ0) is 14.3. The van der Waals surface area contributed by atoms with Crippen LogP contribution in [0.3, 0.4) is 0 Å². The summed E-state index contributed by atoms with van der Waals surface area (Å²) < 4.78 is 5.39. The monoisotopic (exact) mass is 285 g/mol. The highest BCUT2D eigenvalue weighted by Crippen LogP contribution is 2.20. The zero-order valence-electron chi connectivity index (χ0n) is 11.3. The van der Waals surface area contributed by atoms with Crippen LogP contribution in [-0.2, 0) is 4.74 Å². The van der Waals surface area contributed by atoms with E-state index in [9.17, 15) is 9.90 Å². The van der Waals surface area contributed by atoms with Gasteiger partial charge in [-0.05, 0) is 30.5 Å². The minimum Gasteiger partial charge on any atom is -0.508 e. The van der Waals surface area contributed by atoms with Gasteiger partial charge in [0.1, 0.15) is 5.75 Å². The molecule has 0 aliphatic rings. The summed E-state index contributed by atoms with van der Waals surface area (Å²) in [5, 5.41) is 12.3. The van der Waals surface area contributed by atoms with E-state index in [2.05, 4.69) is 19.2 Å². The summed E-state index contributed by atoms with van der Waals surface area (Å²) >= 11 is 5.89. The second-order valence-electron chi connectivity index (χ2n) is 4.71. The topological polar surface area (TPSA) is 58.6 Å². The first-order valence-corrected chi connectivity index (χ1v) is 6.73. The minimum absolute atomic E-state index is 0.0164. The van der Waals surface area contributed by atoms with Gasteiger partial charge < -0.3 is 15.2 Å². The maximum Gasteiger partial charge on any atom is 0.253 e. The van der Waals surface area contributed by atoms with E-state index in [-0.39, 0.29) is 17.2 Å². The molecule has 0 heterocycles. The van der Waals surface area contributed by atoms with E-state index in [0.29, 0.717) is 30.7 Å². The van der Waals surface area contributed by atoms with Crippen molar-refractivity contribution < 1.29 is 14.6 Å². The smallest absolute Gasteiger partial charge is 0.253 e. The van der Waals surface area contributed by atoms with E-state index in [1.54, 1.807) is 0 Å². The number of ether oxygens (including phenoxy) is 1. The van der Waals surface area contributed by atoms with Crippen molar-refractivity contribution in [3.8, 4) is 5.75 Å². The van der Waals surface area contributed by atoms with E-state index in [0.717, 1.165) is 6.42 Å². The molecule has 0 unspecified atom stereocenters. The Hall–Kier alpha value is -1.26. The summed E-state index contributed by atoms with van der Waals surface area (Å²) in [6, 6.07) is 4.27. The molecule has 19 heavy (non-hydrogen) atoms. The van der Waals surface area contributed by atoms with Gasteiger partial charge >= 0.3 is 0 Å². The van der Waals surface area contributed by atoms with E-state index < -0.39 is 0 Å². The van der Waals surface area contributed by atoms with Crippen LogP contribution in [0.1, 0.15) is 30.6 Å². The van der Waals surface area contributed by atoms with Crippen LogP contribution >= 0.6 is 11.6 Å². The third-order valence-electron chi connectivity index (χ3n) is 2.57. The predicted octanol–water partition coefficient (Wildman–Crippen LogP) is 2.84. The first-order valence-electron chi connectivity index (χ1n) is 6.35. The molecule has 0 aromatic heterocycles. The Kier molecular flexibility index (Phi) is 6.67. The number of halogens is 1. The fourth-order valence-electron chi connectivity index (χ4n) is 1.44. The van der Waals surface area contributed by atoms with E-state index in [4.69, 9.17) is 16.3 Å². The number of hydrogen-bond acceptors (Lipinski definition) is 3. The molecule has 0 saturated carbocycles. The molecule has 5 heteroatoms. The van der Waals surface area contributed by atoms with Crippen molar-refractivity contribution in [2.45, 2.75) is 20.3 Å². The standard InChI is InChI=1S/C14H20ClNO3/c1-10(2)5-7-19-8-6-16-14(18)12-9-11(17)3-4-13(12)15/h3-4,9-10,17H,5-8H2,1-2H3,(H,16,18). The molecule has 2 N–H and O–H groups in total. The lowest BCUT2D eigenvalue weighted by molar-refractivity contribution is 0.0905. The van der Waals surface area contributed by atoms with Crippen LogP contribution in [-0.4, -0.2) is 30.8 Å². The van der Waals surface area contributed by atoms with Crippen molar-refractivity contribution in [1.82, 2.24) is 5.32 Å². The largest absolute Gasteiger partial charge is 0.508 e. The van der Waals surface area contributed by atoms with Crippen molar-refractivity contribution >= 4 is 17.5 Å². The average molecular weight is 286 g/mol. The molecule has 0 atom stereocenters. The first kappa shape index (κ1) is 15.8. The van der Waals surface area contributed by atoms with Gasteiger partial charge in [-0.1, -0.05) is 25.4 Å². The first-order chi connectivity index (χ1) is 9.00. The van der Waals surface area contributed by atoms with Crippen LogP contribution < -0.4 is 5.32 Å². The summed E-state index contributed by atoms with van der Waals surface area (Å²) in [5.74, 6) is 0.316. The van der Waals surface area contributed by atoms with Crippen molar-refractivity contribution in [1.29, 1.82) is 0 Å². The third kappa shape index (κ3) is 5.94. The molecule has 0 fully saturated rings. The van der Waals surface area contributed by atoms with E-state index in [1.165, 1.54) is 18.2 Å². The molecule has 0 aliphatic heterocycles. The fraction of sp³-hybridized carbons (Fsp3) is 0.500. The normalized spacial score (nSPS) is 10.7. The highest BCUT2D eigenvalue weighted by Gasteiger charge is 2.10. The summed E-state index contributed by atoms with van der Waals surface area (Å²) in [5.41, 5.74) is 0.267. The van der Waals surface area contributed by atoms with Gasteiger partial charge in [-0.3, -0.25) is 4.79 Å². The van der Waals surface area contributed by atoms with Gasteiger partial charge in [0.2, 0.25) is 0 Å². The molecular formula is C14H20ClNO3. The number of carbonyl (C=O) groups is 1. The third-order valence-corrected chi connectivity index (χ3v) is 2.90. The Morgan fingerprint density at radius 1 is 1.42 bits per heavy atom. The van der Waals surface area contributed by atoms with Crippen LogP contribution in [0.25, 0.3) is 0 Å². The molecule has 0 aliphatic carbocycles. The number of hydrogen-bond donors (Lipinski definition) is 2. The summed E-state index contributed by atoms with van der Waals surface area (Å²) in [4.78, 5) is 11.8. The van der Waals surface area contributed by atoms with Crippen LogP contribution in [0.4, 0.5) is 0 Å². The molecule has 1 aromatic rings. The summed E-state index contributed by atoms with van der Waals surface area (Å²) in [7, 11) is 0. The molecule has 0 radical (unpaired) electrons. The number of nitrogens with one attached hydrogen (secondary N) is 1. The highest BCUT2D eigenvalue weighted by atomic mass is 35.5. The number of aromatic hydroxyl groups is 1. The van der Waals surface area contributed by atoms with Crippen LogP contribution in [0.2, 0.25) is 5.02 Å². The maximum atomic E-state index is 11.8. The lowest BCUT2D eigenvalue weighted by atomic mass is 10.1. The number of phenols is 1. The number of phenolic OH excluding ortho intramolecular Hbond substituents is 1. The van der Waals surface area contributed by atoms with Crippen molar-refractivity contribution in [3.05, 3.63) is 28.8 Å². The minimum atomic E-state index is -0.312. The molecule has 1 amide bonds. The van der Waals surface area contributed by atoms with E-state index in [1.807, 2.05) is 0 Å².